The zero-order chi connectivity index (χ0) is 36.8. The first-order valence-corrected chi connectivity index (χ1v) is 18.7. The van der Waals surface area contributed by atoms with Crippen LogP contribution in [0.1, 0.15) is 41.4 Å². The second kappa shape index (κ2) is 10.5. The van der Waals surface area contributed by atoms with Crippen molar-refractivity contribution in [1.29, 1.82) is 0 Å². The number of nitrogens with zero attached hydrogens (tertiary/aromatic N) is 2. The summed E-state index contributed by atoms with van der Waals surface area (Å²) in [5.74, 6) is -3.36. The zero-order valence-corrected chi connectivity index (χ0v) is 28.9. The van der Waals surface area contributed by atoms with E-state index in [1.165, 1.54) is 36.4 Å². The van der Waals surface area contributed by atoms with Crippen LogP contribution in [-0.4, -0.2) is 49.6 Å². The summed E-state index contributed by atoms with van der Waals surface area (Å²) < 4.78 is 69.0. The largest absolute Gasteiger partial charge is 0.296 e. The van der Waals surface area contributed by atoms with Crippen molar-refractivity contribution in [3.63, 3.8) is 0 Å². The number of carbonyl (C=O) groups excluding carboxylic acids is 4. The lowest BCUT2D eigenvalue weighted by molar-refractivity contribution is 0.0877. The average molecular weight is 772 g/mol. The molecule has 12 nitrogen and oxygen atoms in total. The fraction of sp³-hybridized carbons (Fsp3) is 0. The Morgan fingerprint density at radius 1 is 0.423 bits per heavy atom. The van der Waals surface area contributed by atoms with E-state index >= 15 is 0 Å². The van der Waals surface area contributed by atoms with Gasteiger partial charge < -0.3 is 0 Å². The van der Waals surface area contributed by atoms with Crippen molar-refractivity contribution in [1.82, 2.24) is 0 Å². The van der Waals surface area contributed by atoms with Crippen molar-refractivity contribution < 1.29 is 45.1 Å². The number of rotatable bonds is 4. The molecule has 2 aliphatic rings. The molecular formula is C36H16Cl2N2O10S2. The molecule has 7 aromatic carbocycles. The lowest BCUT2D eigenvalue weighted by Gasteiger charge is -2.30. The molecule has 7 aromatic rings. The molecule has 9 rings (SSSR count). The van der Waals surface area contributed by atoms with Gasteiger partial charge >= 0.3 is 0 Å². The van der Waals surface area contributed by atoms with Gasteiger partial charge in [0.2, 0.25) is 0 Å². The first-order valence-electron chi connectivity index (χ1n) is 15.1. The Kier molecular flexibility index (Phi) is 6.57. The maximum absolute atomic E-state index is 14.1. The van der Waals surface area contributed by atoms with Gasteiger partial charge in [0, 0.05) is 43.1 Å². The summed E-state index contributed by atoms with van der Waals surface area (Å²) in [6.07, 6.45) is 0. The molecule has 52 heavy (non-hydrogen) atoms. The minimum atomic E-state index is -4.91. The molecule has 0 saturated carbocycles. The van der Waals surface area contributed by atoms with E-state index in [1.54, 1.807) is 24.3 Å². The highest BCUT2D eigenvalue weighted by Gasteiger charge is 2.40. The van der Waals surface area contributed by atoms with Gasteiger partial charge in [-0.25, -0.2) is 9.80 Å². The molecule has 0 spiro atoms. The van der Waals surface area contributed by atoms with E-state index in [1.807, 2.05) is 0 Å². The van der Waals surface area contributed by atoms with Gasteiger partial charge in [0.15, 0.2) is 0 Å². The Morgan fingerprint density at radius 2 is 0.712 bits per heavy atom. The van der Waals surface area contributed by atoms with Crippen LogP contribution in [-0.2, 0) is 20.2 Å². The quantitative estimate of drug-likeness (QED) is 0.0807. The Labute approximate surface area is 302 Å². The molecule has 2 aliphatic heterocycles. The van der Waals surface area contributed by atoms with Crippen molar-refractivity contribution >= 4 is 122 Å². The van der Waals surface area contributed by atoms with E-state index < -0.39 is 53.7 Å². The van der Waals surface area contributed by atoms with Gasteiger partial charge in [-0.2, -0.15) is 16.8 Å². The molecule has 0 unspecified atom stereocenters. The van der Waals surface area contributed by atoms with Crippen molar-refractivity contribution in [3.05, 3.63) is 117 Å². The van der Waals surface area contributed by atoms with Gasteiger partial charge in [-0.05, 0) is 93.0 Å². The third-order valence-corrected chi connectivity index (χ3v) is 11.8. The highest BCUT2D eigenvalue weighted by molar-refractivity contribution is 7.86. The van der Waals surface area contributed by atoms with E-state index in [4.69, 9.17) is 23.2 Å². The second-order valence-electron chi connectivity index (χ2n) is 12.2. The number of amides is 4. The van der Waals surface area contributed by atoms with Crippen LogP contribution in [0.5, 0.6) is 0 Å². The fourth-order valence-electron chi connectivity index (χ4n) is 7.46. The number of hydrogen-bond acceptors (Lipinski definition) is 8. The molecule has 0 atom stereocenters. The molecule has 4 amide bonds. The number of halogens is 2. The summed E-state index contributed by atoms with van der Waals surface area (Å²) in [6.45, 7) is 0. The highest BCUT2D eigenvalue weighted by Crippen LogP contribution is 2.47. The van der Waals surface area contributed by atoms with Crippen molar-refractivity contribution in [2.24, 2.45) is 0 Å². The maximum Gasteiger partial charge on any atom is 0.296 e. The van der Waals surface area contributed by atoms with Gasteiger partial charge in [0.05, 0.1) is 11.4 Å². The zero-order valence-electron chi connectivity index (χ0n) is 25.7. The Morgan fingerprint density at radius 3 is 0.981 bits per heavy atom. The van der Waals surface area contributed by atoms with E-state index in [9.17, 15) is 45.1 Å². The van der Waals surface area contributed by atoms with Crippen molar-refractivity contribution in [2.75, 3.05) is 9.80 Å². The topological polar surface area (TPSA) is 184 Å². The van der Waals surface area contributed by atoms with E-state index in [0.717, 1.165) is 24.3 Å². The van der Waals surface area contributed by atoms with E-state index in [0.29, 0.717) is 52.9 Å². The standard InChI is InChI=1S/C36H16Cl2N2O10S2/c37-15-1-11-25(27(13-15)51(45,46)47)39-33(41)21-7-3-17-19-5-9-23-32-24(10-6-20(30(19)32)18-4-8-22(34(39)42)31(21)29(17)18)36(44)40(35(23)43)26-12-2-16(38)14-28(26)52(48,49)50/h1-14H,(H,45,46,47)(H,48,49,50). The smallest absolute Gasteiger partial charge is 0.282 e. The lowest BCUT2D eigenvalue weighted by Crippen LogP contribution is -2.41. The summed E-state index contributed by atoms with van der Waals surface area (Å²) in [7, 11) is -9.82. The molecule has 0 aliphatic carbocycles. The van der Waals surface area contributed by atoms with Crippen LogP contribution in [0, 0.1) is 0 Å². The molecule has 0 saturated heterocycles. The Balaban J connectivity index is 1.28. The third-order valence-electron chi connectivity index (χ3n) is 9.52. The molecule has 0 aromatic heterocycles. The van der Waals surface area contributed by atoms with Crippen LogP contribution in [0.15, 0.2) is 94.7 Å². The summed E-state index contributed by atoms with van der Waals surface area (Å²) in [5, 5.41) is 3.92. The third kappa shape index (κ3) is 4.27. The van der Waals surface area contributed by atoms with E-state index in [-0.39, 0.29) is 43.7 Å². The fourth-order valence-corrected chi connectivity index (χ4v) is 9.34. The summed E-state index contributed by atoms with van der Waals surface area (Å²) in [4.78, 5) is 56.1. The number of fused-ring (bicyclic) bond motifs is 2. The predicted molar refractivity (Wildman–Crippen MR) is 192 cm³/mol. The van der Waals surface area contributed by atoms with Gasteiger partial charge in [-0.15, -0.1) is 0 Å². The maximum atomic E-state index is 14.1. The minimum Gasteiger partial charge on any atom is -0.282 e. The number of imide groups is 2. The van der Waals surface area contributed by atoms with Crippen molar-refractivity contribution in [3.8, 4) is 0 Å². The molecule has 256 valence electrons. The number of anilines is 2. The van der Waals surface area contributed by atoms with Crippen LogP contribution in [0.4, 0.5) is 11.4 Å². The van der Waals surface area contributed by atoms with Crippen LogP contribution < -0.4 is 9.80 Å². The Hall–Kier alpha value is -5.48. The van der Waals surface area contributed by atoms with Crippen LogP contribution in [0.2, 0.25) is 10.0 Å². The second-order valence-corrected chi connectivity index (χ2v) is 15.9. The SMILES string of the molecule is O=C1c2ccc3c4ccc5c6c(ccc(c7ccc(c2c37)C(=O)N1c1ccc(Cl)cc1S(=O)(=O)O)c64)C(=O)N(c1ccc(Cl)cc1S(=O)(=O)O)C5=O. The molecular weight excluding hydrogens is 755 g/mol. The number of carbonyl (C=O) groups is 4. The minimum absolute atomic E-state index is 0.0463. The van der Waals surface area contributed by atoms with Crippen molar-refractivity contribution in [2.45, 2.75) is 9.79 Å². The molecule has 0 fully saturated rings. The molecule has 0 bridgehead atoms. The highest BCUT2D eigenvalue weighted by atomic mass is 35.5. The van der Waals surface area contributed by atoms with Gasteiger partial charge in [-0.1, -0.05) is 47.5 Å². The molecule has 2 heterocycles. The van der Waals surface area contributed by atoms with Gasteiger partial charge in [-0.3, -0.25) is 28.3 Å². The average Bonchev–Trinajstić information content (AvgIpc) is 3.09. The number of hydrogen-bond donors (Lipinski definition) is 2. The van der Waals surface area contributed by atoms with Crippen LogP contribution >= 0.6 is 23.2 Å². The number of benzene rings is 7. The molecule has 2 N–H and O–H groups in total. The lowest BCUT2D eigenvalue weighted by atomic mass is 9.82. The summed E-state index contributed by atoms with van der Waals surface area (Å²) in [6, 6.07) is 19.3. The van der Waals surface area contributed by atoms with Gasteiger partial charge in [0.25, 0.3) is 43.9 Å². The summed E-state index contributed by atoms with van der Waals surface area (Å²) in [5.41, 5.74) is -0.427. The summed E-state index contributed by atoms with van der Waals surface area (Å²) >= 11 is 12.0. The first-order chi connectivity index (χ1) is 24.6. The normalized spacial score (nSPS) is 14.9. The van der Waals surface area contributed by atoms with E-state index in [2.05, 4.69) is 0 Å². The molecule has 16 heteroatoms. The van der Waals surface area contributed by atoms with Crippen LogP contribution in [0.25, 0.3) is 43.1 Å². The first kappa shape index (κ1) is 32.4. The predicted octanol–water partition coefficient (Wildman–Crippen LogP) is 7.14. The molecule has 0 radical (unpaired) electrons. The monoisotopic (exact) mass is 770 g/mol. The van der Waals surface area contributed by atoms with Crippen LogP contribution in [0.3, 0.4) is 0 Å². The Bertz CT molecular complexity index is 2810. The van der Waals surface area contributed by atoms with Gasteiger partial charge in [0.1, 0.15) is 9.79 Å².